The Labute approximate surface area is 201 Å². The first-order chi connectivity index (χ1) is 16.4. The summed E-state index contributed by atoms with van der Waals surface area (Å²) in [5.74, 6) is 3.65. The van der Waals surface area contributed by atoms with Crippen LogP contribution >= 0.6 is 0 Å². The zero-order valence-electron chi connectivity index (χ0n) is 19.8. The molecule has 0 spiro atoms. The molecule has 0 saturated heterocycles. The normalized spacial score (nSPS) is 11.2. The second-order valence-electron chi connectivity index (χ2n) is 7.85. The summed E-state index contributed by atoms with van der Waals surface area (Å²) in [5.41, 5.74) is 0.153. The quantitative estimate of drug-likeness (QED) is 0.220. The molecule has 34 heavy (non-hydrogen) atoms. The Morgan fingerprint density at radius 2 is 1.65 bits per heavy atom. The van der Waals surface area contributed by atoms with E-state index in [1.54, 1.807) is 12.1 Å². The summed E-state index contributed by atoms with van der Waals surface area (Å²) < 4.78 is 18.4. The summed E-state index contributed by atoms with van der Waals surface area (Å²) in [6.07, 6.45) is 14.9. The summed E-state index contributed by atoms with van der Waals surface area (Å²) in [5, 5.41) is 5.27. The monoisotopic (exact) mass is 471 g/mol. The third kappa shape index (κ3) is 12.0. The molecule has 0 saturated carbocycles. The lowest BCUT2D eigenvalue weighted by Gasteiger charge is -2.19. The summed E-state index contributed by atoms with van der Waals surface area (Å²) in [6.45, 7) is 1.64. The maximum Gasteiger partial charge on any atom is 0.328 e. The van der Waals surface area contributed by atoms with E-state index in [-0.39, 0.29) is 30.3 Å². The minimum atomic E-state index is -0.710. The summed E-state index contributed by atoms with van der Waals surface area (Å²) in [4.78, 5) is 38.2. The first-order valence-corrected chi connectivity index (χ1v) is 11.4. The molecule has 0 radical (unpaired) electrons. The fourth-order valence-electron chi connectivity index (χ4n) is 3.34. The Bertz CT molecular complexity index is 860. The van der Waals surface area contributed by atoms with Crippen molar-refractivity contribution in [2.24, 2.45) is 0 Å². The number of rotatable bonds is 16. The summed E-state index contributed by atoms with van der Waals surface area (Å²) in [6, 6.07) is 5.27. The van der Waals surface area contributed by atoms with Gasteiger partial charge in [0.15, 0.2) is 0 Å². The molecule has 7 nitrogen and oxygen atoms in total. The van der Waals surface area contributed by atoms with Gasteiger partial charge in [0, 0.05) is 19.4 Å². The minimum absolute atomic E-state index is 0.153. The number of benzene rings is 1. The first kappa shape index (κ1) is 28.7. The molecule has 8 heteroatoms. The van der Waals surface area contributed by atoms with Crippen molar-refractivity contribution in [2.45, 2.75) is 57.4 Å². The number of halogens is 1. The minimum Gasteiger partial charge on any atom is -0.467 e. The van der Waals surface area contributed by atoms with Crippen LogP contribution in [0.2, 0.25) is 0 Å². The number of nitrogens with one attached hydrogen (secondary N) is 2. The topological polar surface area (TPSA) is 87.7 Å². The van der Waals surface area contributed by atoms with E-state index in [0.717, 1.165) is 6.42 Å². The van der Waals surface area contributed by atoms with Gasteiger partial charge in [0.2, 0.25) is 11.8 Å². The van der Waals surface area contributed by atoms with E-state index in [4.69, 9.17) is 17.6 Å². The molecule has 0 aromatic heterocycles. The number of ether oxygens (including phenoxy) is 1. The molecular weight excluding hydrogens is 437 g/mol. The highest BCUT2D eigenvalue weighted by Gasteiger charge is 2.21. The standard InChI is InChI=1S/C26H34FN3O4/c1-4-18-30(19-5-2)20-12-11-15-23(26(33)34-3)29-25(32)17-8-6-7-16-24(31)28-22-14-10-9-13-21(22)27/h1-2,9-10,13-14,23H,6-8,11-12,15-20H2,3H3,(H,28,31)(H,29,32). The van der Waals surface area contributed by atoms with Crippen molar-refractivity contribution in [3.63, 3.8) is 0 Å². The van der Waals surface area contributed by atoms with Gasteiger partial charge in [-0.05, 0) is 44.2 Å². The van der Waals surface area contributed by atoms with Crippen LogP contribution in [-0.4, -0.2) is 55.5 Å². The lowest BCUT2D eigenvalue weighted by molar-refractivity contribution is -0.145. The molecule has 1 rings (SSSR count). The number of methoxy groups -OCH3 is 1. The van der Waals surface area contributed by atoms with E-state index in [9.17, 15) is 18.8 Å². The highest BCUT2D eigenvalue weighted by atomic mass is 19.1. The van der Waals surface area contributed by atoms with Crippen LogP contribution in [0.4, 0.5) is 10.1 Å². The predicted molar refractivity (Wildman–Crippen MR) is 130 cm³/mol. The molecule has 1 atom stereocenters. The molecule has 0 bridgehead atoms. The molecule has 184 valence electrons. The van der Waals surface area contributed by atoms with Gasteiger partial charge in [0.05, 0.1) is 25.9 Å². The van der Waals surface area contributed by atoms with Crippen molar-refractivity contribution in [1.82, 2.24) is 10.2 Å². The molecule has 1 aromatic carbocycles. The smallest absolute Gasteiger partial charge is 0.328 e. The van der Waals surface area contributed by atoms with Gasteiger partial charge in [0.25, 0.3) is 0 Å². The molecule has 0 heterocycles. The highest BCUT2D eigenvalue weighted by molar-refractivity contribution is 5.90. The van der Waals surface area contributed by atoms with E-state index in [2.05, 4.69) is 22.5 Å². The van der Waals surface area contributed by atoms with Crippen LogP contribution in [0.3, 0.4) is 0 Å². The van der Waals surface area contributed by atoms with Gasteiger partial charge in [0.1, 0.15) is 11.9 Å². The maximum atomic E-state index is 13.6. The van der Waals surface area contributed by atoms with Crippen molar-refractivity contribution in [3.05, 3.63) is 30.1 Å². The van der Waals surface area contributed by atoms with Crippen LogP contribution in [0, 0.1) is 30.5 Å². The number of para-hydroxylation sites is 1. The van der Waals surface area contributed by atoms with Crippen molar-refractivity contribution in [3.8, 4) is 24.7 Å². The molecule has 1 aromatic rings. The summed E-state index contributed by atoms with van der Waals surface area (Å²) in [7, 11) is 1.29. The zero-order valence-corrected chi connectivity index (χ0v) is 19.8. The third-order valence-corrected chi connectivity index (χ3v) is 5.12. The number of hydrogen-bond acceptors (Lipinski definition) is 5. The molecule has 2 amide bonds. The lowest BCUT2D eigenvalue weighted by Crippen LogP contribution is -2.41. The number of esters is 1. The number of unbranched alkanes of at least 4 members (excludes halogenated alkanes) is 3. The number of nitrogens with zero attached hydrogens (tertiary/aromatic N) is 1. The highest BCUT2D eigenvalue weighted by Crippen LogP contribution is 2.13. The number of carbonyl (C=O) groups excluding carboxylic acids is 3. The molecule has 0 aliphatic heterocycles. The van der Waals surface area contributed by atoms with Crippen LogP contribution in [0.1, 0.15) is 51.4 Å². The van der Waals surface area contributed by atoms with Crippen molar-refractivity contribution < 1.29 is 23.5 Å². The fourth-order valence-corrected chi connectivity index (χ4v) is 3.34. The maximum absolute atomic E-state index is 13.6. The van der Waals surface area contributed by atoms with Gasteiger partial charge in [-0.15, -0.1) is 12.8 Å². The largest absolute Gasteiger partial charge is 0.467 e. The SMILES string of the molecule is C#CCN(CC#C)CCCCC(NC(=O)CCCCCC(=O)Nc1ccccc1F)C(=O)OC. The second kappa shape index (κ2) is 17.2. The number of carbonyl (C=O) groups is 3. The van der Waals surface area contributed by atoms with Gasteiger partial charge in [-0.25, -0.2) is 9.18 Å². The van der Waals surface area contributed by atoms with E-state index >= 15 is 0 Å². The van der Waals surface area contributed by atoms with E-state index < -0.39 is 17.8 Å². The van der Waals surface area contributed by atoms with Gasteiger partial charge in [-0.2, -0.15) is 0 Å². The molecule has 2 N–H and O–H groups in total. The summed E-state index contributed by atoms with van der Waals surface area (Å²) >= 11 is 0. The third-order valence-electron chi connectivity index (χ3n) is 5.12. The molecule has 1 unspecified atom stereocenters. The number of amides is 2. The van der Waals surface area contributed by atoms with Crippen LogP contribution < -0.4 is 10.6 Å². The van der Waals surface area contributed by atoms with Gasteiger partial charge in [-0.1, -0.05) is 30.4 Å². The van der Waals surface area contributed by atoms with Gasteiger partial charge in [-0.3, -0.25) is 14.5 Å². The second-order valence-corrected chi connectivity index (χ2v) is 7.85. The average molecular weight is 472 g/mol. The van der Waals surface area contributed by atoms with Crippen molar-refractivity contribution in [1.29, 1.82) is 0 Å². The Morgan fingerprint density at radius 1 is 1.00 bits per heavy atom. The van der Waals surface area contributed by atoms with Crippen molar-refractivity contribution in [2.75, 3.05) is 32.1 Å². The molecule has 0 aliphatic carbocycles. The molecule has 0 fully saturated rings. The zero-order chi connectivity index (χ0) is 25.2. The Morgan fingerprint density at radius 3 is 2.26 bits per heavy atom. The van der Waals surface area contributed by atoms with Crippen LogP contribution in [0.15, 0.2) is 24.3 Å². The van der Waals surface area contributed by atoms with Crippen LogP contribution in [0.25, 0.3) is 0 Å². The Hall–Kier alpha value is -3.36. The lowest BCUT2D eigenvalue weighted by atomic mass is 10.1. The van der Waals surface area contributed by atoms with E-state index in [1.807, 2.05) is 4.90 Å². The predicted octanol–water partition coefficient (Wildman–Crippen LogP) is 3.11. The van der Waals surface area contributed by atoms with Crippen LogP contribution in [-0.2, 0) is 19.1 Å². The average Bonchev–Trinajstić information content (AvgIpc) is 2.82. The molecular formula is C26H34FN3O4. The van der Waals surface area contributed by atoms with Gasteiger partial charge < -0.3 is 15.4 Å². The number of terminal acetylenes is 2. The van der Waals surface area contributed by atoms with E-state index in [1.165, 1.54) is 19.2 Å². The Kier molecular flexibility index (Phi) is 14.5. The number of hydrogen-bond donors (Lipinski definition) is 2. The first-order valence-electron chi connectivity index (χ1n) is 11.4. The van der Waals surface area contributed by atoms with Gasteiger partial charge >= 0.3 is 5.97 Å². The molecule has 0 aliphatic rings. The Balaban J connectivity index is 2.29. The fraction of sp³-hybridized carbons (Fsp3) is 0.500. The van der Waals surface area contributed by atoms with Crippen molar-refractivity contribution >= 4 is 23.5 Å². The number of anilines is 1. The van der Waals surface area contributed by atoms with Crippen LogP contribution in [0.5, 0.6) is 0 Å². The van der Waals surface area contributed by atoms with E-state index in [0.29, 0.717) is 51.7 Å².